The normalized spacial score (nSPS) is 17.3. The molecule has 2 aliphatic heterocycles. The zero-order valence-corrected chi connectivity index (χ0v) is 36.4. The molecule has 7 rings (SSSR count). The van der Waals surface area contributed by atoms with Crippen LogP contribution in [-0.2, 0) is 52.8 Å². The number of fused-ring (bicyclic) bond motifs is 18. The highest BCUT2D eigenvalue weighted by molar-refractivity contribution is 5.96. The van der Waals surface area contributed by atoms with Crippen molar-refractivity contribution in [1.82, 2.24) is 26.6 Å². The number of carboxylic acid groups (broad SMARTS) is 1. The number of carboxylic acids is 1. The van der Waals surface area contributed by atoms with E-state index in [1.165, 1.54) is 16.7 Å². The van der Waals surface area contributed by atoms with E-state index in [4.69, 9.17) is 5.11 Å². The highest BCUT2D eigenvalue weighted by Crippen LogP contribution is 2.19. The highest BCUT2D eigenvalue weighted by Gasteiger charge is 2.28. The van der Waals surface area contributed by atoms with Crippen molar-refractivity contribution >= 4 is 47.1 Å². The van der Waals surface area contributed by atoms with Crippen LogP contribution in [0.25, 0.3) is 11.1 Å². The van der Waals surface area contributed by atoms with E-state index in [9.17, 15) is 33.6 Å². The molecule has 6 amide bonds. The van der Waals surface area contributed by atoms with Crippen LogP contribution < -0.4 is 31.9 Å². The Labute approximate surface area is 379 Å². The molecule has 0 aromatic heterocycles. The van der Waals surface area contributed by atoms with Crippen LogP contribution in [0.2, 0.25) is 0 Å². The van der Waals surface area contributed by atoms with Crippen molar-refractivity contribution in [2.24, 2.45) is 0 Å². The predicted molar refractivity (Wildman–Crippen MR) is 248 cm³/mol. The Morgan fingerprint density at radius 2 is 1.22 bits per heavy atom. The second-order valence-corrected chi connectivity index (χ2v) is 15.7. The summed E-state index contributed by atoms with van der Waals surface area (Å²) in [5.74, 6) is -4.44. The van der Waals surface area contributed by atoms with Gasteiger partial charge in [0, 0.05) is 44.3 Å². The first-order valence-electron chi connectivity index (χ1n) is 21.7. The molecule has 14 nitrogen and oxygen atoms in total. The Morgan fingerprint density at radius 3 is 1.86 bits per heavy atom. The van der Waals surface area contributed by atoms with Gasteiger partial charge in [-0.15, -0.1) is 0 Å². The molecule has 5 aromatic carbocycles. The van der Waals surface area contributed by atoms with Crippen LogP contribution in [-0.4, -0.2) is 77.7 Å². The molecule has 65 heavy (non-hydrogen) atoms. The number of hydrogen-bond donors (Lipinski definition) is 7. The topological polar surface area (TPSA) is 212 Å². The molecule has 7 N–H and O–H groups in total. The van der Waals surface area contributed by atoms with Gasteiger partial charge in [-0.2, -0.15) is 0 Å². The number of aliphatic carboxylic acids is 1. The van der Waals surface area contributed by atoms with Gasteiger partial charge in [0.25, 0.3) is 0 Å². The number of hydrogen-bond acceptors (Lipinski definition) is 7. The lowest BCUT2D eigenvalue weighted by Gasteiger charge is -2.24. The van der Waals surface area contributed by atoms with E-state index in [-0.39, 0.29) is 51.5 Å². The predicted octanol–water partition coefficient (Wildman–Crippen LogP) is 5.05. The van der Waals surface area contributed by atoms with E-state index in [0.717, 1.165) is 11.1 Å². The second kappa shape index (κ2) is 25.5. The Hall–Kier alpha value is -7.61. The monoisotopic (exact) mass is 880 g/mol. The van der Waals surface area contributed by atoms with Crippen molar-refractivity contribution in [3.63, 3.8) is 0 Å². The molecule has 338 valence electrons. The van der Waals surface area contributed by atoms with E-state index in [1.807, 2.05) is 42.5 Å². The van der Waals surface area contributed by atoms with E-state index in [0.29, 0.717) is 17.7 Å². The van der Waals surface area contributed by atoms with E-state index in [1.54, 1.807) is 48.5 Å². The minimum atomic E-state index is -1.10. The number of anilines is 1. The summed E-state index contributed by atoms with van der Waals surface area (Å²) in [5.41, 5.74) is 6.64. The zero-order chi connectivity index (χ0) is 46.4. The summed E-state index contributed by atoms with van der Waals surface area (Å²) in [6.45, 7) is 1.67. The molecule has 0 fully saturated rings. The van der Waals surface area contributed by atoms with Crippen LogP contribution in [0.5, 0.6) is 0 Å². The van der Waals surface area contributed by atoms with Crippen LogP contribution in [0.3, 0.4) is 0 Å². The van der Waals surface area contributed by atoms with Crippen molar-refractivity contribution in [2.45, 2.75) is 76.4 Å². The highest BCUT2D eigenvalue weighted by atomic mass is 16.4. The Balaban J connectivity index is 0.000000517. The number of amides is 6. The van der Waals surface area contributed by atoms with Gasteiger partial charge in [0.1, 0.15) is 18.1 Å². The summed E-state index contributed by atoms with van der Waals surface area (Å²) in [7, 11) is 0. The molecule has 14 heteroatoms. The van der Waals surface area contributed by atoms with Crippen molar-refractivity contribution in [3.8, 4) is 11.1 Å². The fourth-order valence-electron chi connectivity index (χ4n) is 6.93. The summed E-state index contributed by atoms with van der Waals surface area (Å²) in [4.78, 5) is 90.2. The summed E-state index contributed by atoms with van der Waals surface area (Å²) in [5, 5.41) is 25.1. The molecule has 5 aromatic rings. The SMILES string of the molecule is Cc1ccc(-c2ccccc2)cc1.O=C(O)CCCNC(=O)[C@@H]1Cc2ccc(cc2)NC(=O)CCC(=O)N[C@H](Cc2ccccc2)C(=O)NCC(=O)N[C@H](CCc2ccccc2)C(=O)N1. The summed E-state index contributed by atoms with van der Waals surface area (Å²) in [6.07, 6.45) is 0.444. The van der Waals surface area contributed by atoms with E-state index < -0.39 is 66.1 Å². The number of carbonyl (C=O) groups is 7. The van der Waals surface area contributed by atoms with Crippen LogP contribution in [0, 0.1) is 6.92 Å². The van der Waals surface area contributed by atoms with Gasteiger partial charge in [0.05, 0.1) is 6.54 Å². The number of benzene rings is 5. The van der Waals surface area contributed by atoms with Gasteiger partial charge in [0.15, 0.2) is 0 Å². The quantitative estimate of drug-likeness (QED) is 0.0704. The molecular formula is C51H56N6O8. The third kappa shape index (κ3) is 17.2. The van der Waals surface area contributed by atoms with Crippen LogP contribution in [0.1, 0.15) is 54.4 Å². The Morgan fingerprint density at radius 1 is 0.631 bits per heavy atom. The zero-order valence-electron chi connectivity index (χ0n) is 36.4. The Kier molecular flexibility index (Phi) is 19.0. The summed E-state index contributed by atoms with van der Waals surface area (Å²) in [6, 6.07) is 40.7. The molecule has 0 saturated carbocycles. The van der Waals surface area contributed by atoms with Crippen LogP contribution in [0.4, 0.5) is 5.69 Å². The third-order valence-electron chi connectivity index (χ3n) is 10.5. The van der Waals surface area contributed by atoms with Crippen molar-refractivity contribution in [2.75, 3.05) is 18.4 Å². The van der Waals surface area contributed by atoms with Gasteiger partial charge in [-0.1, -0.05) is 133 Å². The molecule has 0 aliphatic carbocycles. The second-order valence-electron chi connectivity index (χ2n) is 15.7. The van der Waals surface area contributed by atoms with Gasteiger partial charge < -0.3 is 37.0 Å². The molecule has 2 aliphatic rings. The number of nitrogens with one attached hydrogen (secondary N) is 6. The minimum Gasteiger partial charge on any atom is -0.481 e. The molecule has 2 heterocycles. The maximum Gasteiger partial charge on any atom is 0.303 e. The maximum atomic E-state index is 13.8. The van der Waals surface area contributed by atoms with Crippen molar-refractivity contribution < 1.29 is 38.7 Å². The number of aryl methyl sites for hydroxylation is 2. The van der Waals surface area contributed by atoms with Gasteiger partial charge in [-0.3, -0.25) is 33.6 Å². The van der Waals surface area contributed by atoms with E-state index in [2.05, 4.69) is 87.4 Å². The van der Waals surface area contributed by atoms with Crippen LogP contribution in [0.15, 0.2) is 140 Å². The van der Waals surface area contributed by atoms with Gasteiger partial charge in [-0.25, -0.2) is 0 Å². The lowest BCUT2D eigenvalue weighted by molar-refractivity contribution is -0.137. The average molecular weight is 881 g/mol. The van der Waals surface area contributed by atoms with Crippen molar-refractivity contribution in [3.05, 3.63) is 162 Å². The Bertz CT molecular complexity index is 2340. The average Bonchev–Trinajstić information content (AvgIpc) is 3.31. The maximum absolute atomic E-state index is 13.8. The van der Waals surface area contributed by atoms with Gasteiger partial charge in [-0.05, 0) is 66.1 Å². The third-order valence-corrected chi connectivity index (χ3v) is 10.5. The molecular weight excluding hydrogens is 825 g/mol. The van der Waals surface area contributed by atoms with Crippen molar-refractivity contribution in [1.29, 1.82) is 0 Å². The fraction of sp³-hybridized carbons (Fsp3) is 0.275. The first-order chi connectivity index (χ1) is 31.4. The lowest BCUT2D eigenvalue weighted by Crippen LogP contribution is -2.56. The largest absolute Gasteiger partial charge is 0.481 e. The summed E-state index contributed by atoms with van der Waals surface area (Å²) < 4.78 is 0. The van der Waals surface area contributed by atoms with Gasteiger partial charge in [0.2, 0.25) is 35.4 Å². The minimum absolute atomic E-state index is 0.0448. The molecule has 2 bridgehead atoms. The van der Waals surface area contributed by atoms with Crippen LogP contribution >= 0.6 is 0 Å². The standard InChI is InChI=1S/C38H44N6O8.C13H12/c45-32-19-20-33(46)43-30(22-26-10-5-2-6-11-26)37(51)40-24-34(47)42-29(18-15-25-8-3-1-4-9-25)38(52)44-31(36(50)39-21-7-12-35(48)49)23-27-13-16-28(41-32)17-14-27;1-11-7-9-13(10-8-11)12-5-3-2-4-6-12/h1-6,8-11,13-14,16-17,29-31H,7,12,15,18-24H2,(H,39,50)(H,40,51)(H,41,45)(H,42,47)(H,43,46)(H,44,52)(H,48,49);2-10H,1H3/t29-,30-,31+;/m1./s1. The smallest absolute Gasteiger partial charge is 0.303 e. The first-order valence-corrected chi connectivity index (χ1v) is 21.7. The number of carbonyl (C=O) groups excluding carboxylic acids is 6. The molecule has 0 radical (unpaired) electrons. The van der Waals surface area contributed by atoms with Gasteiger partial charge >= 0.3 is 5.97 Å². The first kappa shape index (κ1) is 48.4. The molecule has 0 spiro atoms. The molecule has 0 unspecified atom stereocenters. The fourth-order valence-corrected chi connectivity index (χ4v) is 6.93. The molecule has 0 saturated heterocycles. The lowest BCUT2D eigenvalue weighted by atomic mass is 10.0. The molecule has 3 atom stereocenters. The van der Waals surface area contributed by atoms with E-state index >= 15 is 0 Å². The number of rotatable bonds is 11. The summed E-state index contributed by atoms with van der Waals surface area (Å²) >= 11 is 0.